The van der Waals surface area contributed by atoms with Crippen LogP contribution in [0.5, 0.6) is 0 Å². The minimum atomic E-state index is -0.951. The zero-order chi connectivity index (χ0) is 19.9. The van der Waals surface area contributed by atoms with Crippen molar-refractivity contribution in [3.05, 3.63) is 107 Å². The third-order valence-electron chi connectivity index (χ3n) is 4.81. The zero-order valence-corrected chi connectivity index (χ0v) is 16.2. The second kappa shape index (κ2) is 9.14. The van der Waals surface area contributed by atoms with Gasteiger partial charge in [-0.15, -0.1) is 0 Å². The molecule has 3 nitrogen and oxygen atoms in total. The van der Waals surface area contributed by atoms with Gasteiger partial charge in [0.05, 0.1) is 6.61 Å². The molecule has 0 aliphatic carbocycles. The summed E-state index contributed by atoms with van der Waals surface area (Å²) in [4.78, 5) is 26.4. The Morgan fingerprint density at radius 3 is 1.89 bits per heavy atom. The summed E-state index contributed by atoms with van der Waals surface area (Å²) in [5.41, 5.74) is 3.46. The summed E-state index contributed by atoms with van der Waals surface area (Å²) in [6.07, 6.45) is 0. The van der Waals surface area contributed by atoms with Crippen molar-refractivity contribution >= 4 is 11.8 Å². The van der Waals surface area contributed by atoms with Crippen LogP contribution in [0.4, 0.5) is 0 Å². The number of ether oxygens (including phenoxy) is 1. The molecule has 3 aromatic carbocycles. The van der Waals surface area contributed by atoms with E-state index < -0.39 is 17.8 Å². The Hall–Kier alpha value is -3.20. The monoisotopic (exact) mass is 372 g/mol. The molecule has 0 saturated carbocycles. The van der Waals surface area contributed by atoms with Crippen molar-refractivity contribution in [2.75, 3.05) is 6.61 Å². The van der Waals surface area contributed by atoms with Crippen LogP contribution in [-0.4, -0.2) is 18.4 Å². The molecule has 0 aromatic heterocycles. The van der Waals surface area contributed by atoms with Gasteiger partial charge in [0.25, 0.3) is 0 Å². The molecule has 0 spiro atoms. The largest absolute Gasteiger partial charge is 0.465 e. The molecule has 0 fully saturated rings. The smallest absolute Gasteiger partial charge is 0.317 e. The number of hydrogen-bond acceptors (Lipinski definition) is 3. The van der Waals surface area contributed by atoms with E-state index in [-0.39, 0.29) is 12.4 Å². The van der Waals surface area contributed by atoms with Gasteiger partial charge < -0.3 is 4.74 Å². The summed E-state index contributed by atoms with van der Waals surface area (Å²) in [6.45, 7) is 4.00. The fraction of sp³-hybridized carbons (Fsp3) is 0.200. The highest BCUT2D eigenvalue weighted by atomic mass is 16.5. The van der Waals surface area contributed by atoms with Crippen LogP contribution in [0.1, 0.15) is 39.9 Å². The quantitative estimate of drug-likeness (QED) is 0.326. The van der Waals surface area contributed by atoms with Crippen molar-refractivity contribution in [2.45, 2.75) is 19.8 Å². The first-order valence-electron chi connectivity index (χ1n) is 9.49. The van der Waals surface area contributed by atoms with Crippen LogP contribution in [0.15, 0.2) is 84.9 Å². The van der Waals surface area contributed by atoms with E-state index in [9.17, 15) is 9.59 Å². The van der Waals surface area contributed by atoms with Gasteiger partial charge in [0.1, 0.15) is 5.92 Å². The van der Waals surface area contributed by atoms with E-state index >= 15 is 0 Å². The number of carbonyl (C=O) groups excluding carboxylic acids is 2. The minimum Gasteiger partial charge on any atom is -0.465 e. The molecular weight excluding hydrogens is 348 g/mol. The third-order valence-corrected chi connectivity index (χ3v) is 4.81. The predicted octanol–water partition coefficient (Wildman–Crippen LogP) is 5.19. The van der Waals surface area contributed by atoms with Crippen LogP contribution in [0.2, 0.25) is 0 Å². The fourth-order valence-electron chi connectivity index (χ4n) is 3.42. The molecule has 2 atom stereocenters. The first-order valence-corrected chi connectivity index (χ1v) is 9.49. The van der Waals surface area contributed by atoms with Crippen molar-refractivity contribution in [1.29, 1.82) is 0 Å². The normalized spacial score (nSPS) is 12.8. The molecular formula is C25H24O3. The Bertz CT molecular complexity index is 915. The second-order valence-corrected chi connectivity index (χ2v) is 6.76. The maximum atomic E-state index is 13.4. The Balaban J connectivity index is 2.14. The average Bonchev–Trinajstić information content (AvgIpc) is 2.74. The molecule has 0 radical (unpaired) electrons. The highest BCUT2D eigenvalue weighted by Gasteiger charge is 2.38. The maximum absolute atomic E-state index is 13.4. The molecule has 0 N–H and O–H groups in total. The van der Waals surface area contributed by atoms with Crippen LogP contribution >= 0.6 is 0 Å². The third kappa shape index (κ3) is 4.37. The number of esters is 1. The molecule has 0 aliphatic heterocycles. The average molecular weight is 372 g/mol. The number of benzene rings is 3. The number of ketones is 1. The molecule has 28 heavy (non-hydrogen) atoms. The first-order chi connectivity index (χ1) is 13.6. The molecule has 0 aliphatic rings. The van der Waals surface area contributed by atoms with E-state index in [0.717, 1.165) is 16.7 Å². The predicted molar refractivity (Wildman–Crippen MR) is 110 cm³/mol. The van der Waals surface area contributed by atoms with Crippen molar-refractivity contribution in [3.8, 4) is 0 Å². The van der Waals surface area contributed by atoms with Crippen molar-refractivity contribution in [3.63, 3.8) is 0 Å². The van der Waals surface area contributed by atoms with Crippen LogP contribution in [0.3, 0.4) is 0 Å². The zero-order valence-electron chi connectivity index (χ0n) is 16.2. The van der Waals surface area contributed by atoms with Gasteiger partial charge in [0, 0.05) is 11.5 Å². The van der Waals surface area contributed by atoms with Crippen molar-refractivity contribution in [1.82, 2.24) is 0 Å². The highest BCUT2D eigenvalue weighted by Crippen LogP contribution is 2.35. The molecule has 0 saturated heterocycles. The van der Waals surface area contributed by atoms with E-state index in [1.807, 2.05) is 67.6 Å². The van der Waals surface area contributed by atoms with Gasteiger partial charge in [-0.1, -0.05) is 90.5 Å². The Kier molecular flexibility index (Phi) is 6.38. The Morgan fingerprint density at radius 2 is 1.32 bits per heavy atom. The van der Waals surface area contributed by atoms with E-state index in [1.54, 1.807) is 31.2 Å². The fourth-order valence-corrected chi connectivity index (χ4v) is 3.42. The molecule has 2 unspecified atom stereocenters. The molecule has 3 rings (SSSR count). The lowest BCUT2D eigenvalue weighted by atomic mass is 9.77. The first kappa shape index (κ1) is 19.6. The number of rotatable bonds is 7. The van der Waals surface area contributed by atoms with Gasteiger partial charge in [0.15, 0.2) is 5.78 Å². The summed E-state index contributed by atoms with van der Waals surface area (Å²) in [6, 6.07) is 26.6. The number of hydrogen-bond donors (Lipinski definition) is 0. The SMILES string of the molecule is CCOC(=O)C(C(=O)c1ccccc1)C(c1ccccc1)c1ccc(C)cc1. The van der Waals surface area contributed by atoms with Gasteiger partial charge >= 0.3 is 5.97 Å². The van der Waals surface area contributed by atoms with Gasteiger partial charge in [-0.3, -0.25) is 9.59 Å². The van der Waals surface area contributed by atoms with E-state index in [1.165, 1.54) is 0 Å². The molecule has 0 heterocycles. The summed E-state index contributed by atoms with van der Waals surface area (Å²) >= 11 is 0. The molecule has 3 heteroatoms. The Morgan fingerprint density at radius 1 is 0.786 bits per heavy atom. The van der Waals surface area contributed by atoms with E-state index in [0.29, 0.717) is 5.56 Å². The van der Waals surface area contributed by atoms with Gasteiger partial charge in [-0.2, -0.15) is 0 Å². The van der Waals surface area contributed by atoms with Crippen LogP contribution in [0, 0.1) is 12.8 Å². The van der Waals surface area contributed by atoms with Gasteiger partial charge in [-0.05, 0) is 25.0 Å². The van der Waals surface area contributed by atoms with E-state index in [2.05, 4.69) is 0 Å². The second-order valence-electron chi connectivity index (χ2n) is 6.76. The van der Waals surface area contributed by atoms with Crippen LogP contribution in [-0.2, 0) is 9.53 Å². The summed E-state index contributed by atoms with van der Waals surface area (Å²) in [5.74, 6) is -2.10. The van der Waals surface area contributed by atoms with Crippen LogP contribution < -0.4 is 0 Å². The molecule has 142 valence electrons. The number of carbonyl (C=O) groups is 2. The lowest BCUT2D eigenvalue weighted by molar-refractivity contribution is -0.146. The summed E-state index contributed by atoms with van der Waals surface area (Å²) in [7, 11) is 0. The summed E-state index contributed by atoms with van der Waals surface area (Å²) < 4.78 is 5.33. The standard InChI is InChI=1S/C25H24O3/c1-3-28-25(27)23(24(26)21-12-8-5-9-13-21)22(19-10-6-4-7-11-19)20-16-14-18(2)15-17-20/h4-17,22-23H,3H2,1-2H3. The topological polar surface area (TPSA) is 43.4 Å². The highest BCUT2D eigenvalue weighted by molar-refractivity contribution is 6.09. The van der Waals surface area contributed by atoms with Crippen molar-refractivity contribution < 1.29 is 14.3 Å². The molecule has 3 aromatic rings. The van der Waals surface area contributed by atoms with Crippen molar-refractivity contribution in [2.24, 2.45) is 5.92 Å². The Labute approximate surface area is 166 Å². The van der Waals surface area contributed by atoms with E-state index in [4.69, 9.17) is 4.74 Å². The lowest BCUT2D eigenvalue weighted by Gasteiger charge is -2.26. The van der Waals surface area contributed by atoms with Gasteiger partial charge in [-0.25, -0.2) is 0 Å². The molecule has 0 amide bonds. The molecule has 0 bridgehead atoms. The van der Waals surface area contributed by atoms with Gasteiger partial charge in [0.2, 0.25) is 0 Å². The number of aryl methyl sites for hydroxylation is 1. The van der Waals surface area contributed by atoms with Crippen LogP contribution in [0.25, 0.3) is 0 Å². The summed E-state index contributed by atoms with van der Waals surface area (Å²) in [5, 5.41) is 0. The maximum Gasteiger partial charge on any atom is 0.317 e. The number of Topliss-reactive ketones (excluding diaryl/α,β-unsaturated/α-hetero) is 1. The minimum absolute atomic E-state index is 0.228. The lowest BCUT2D eigenvalue weighted by Crippen LogP contribution is -2.32.